The molecule has 0 rings (SSSR count). The Labute approximate surface area is 201 Å². The van der Waals surface area contributed by atoms with Gasteiger partial charge in [0, 0.05) is 4.83 Å². The van der Waals surface area contributed by atoms with Crippen LogP contribution in [0.15, 0.2) is 0 Å². The van der Waals surface area contributed by atoms with E-state index in [9.17, 15) is 0 Å². The first-order valence-electron chi connectivity index (χ1n) is 13.9. The summed E-state index contributed by atoms with van der Waals surface area (Å²) in [5.74, 6) is 0. The topological polar surface area (TPSA) is 12.0 Å². The highest BCUT2D eigenvalue weighted by molar-refractivity contribution is 9.09. The predicted octanol–water partition coefficient (Wildman–Crippen LogP) is 10.6. The molecule has 0 aromatic rings. The molecule has 0 spiro atoms. The summed E-state index contributed by atoms with van der Waals surface area (Å²) in [6.07, 6.45) is 33.3. The number of rotatable bonds is 23. The fourth-order valence-electron chi connectivity index (χ4n) is 4.03. The lowest BCUT2D eigenvalue weighted by Gasteiger charge is -2.09. The van der Waals surface area contributed by atoms with Crippen LogP contribution in [0.3, 0.4) is 0 Å². The van der Waals surface area contributed by atoms with Crippen molar-refractivity contribution in [2.75, 3.05) is 14.1 Å². The van der Waals surface area contributed by atoms with Gasteiger partial charge in [-0.15, -0.1) is 0 Å². The van der Waals surface area contributed by atoms with Crippen LogP contribution in [0.4, 0.5) is 0 Å². The molecule has 1 unspecified atom stereocenters. The lowest BCUT2D eigenvalue weighted by molar-refractivity contribution is 0.522. The number of nitrogens with one attached hydrogen (secondary N) is 1. The maximum Gasteiger partial charge on any atom is 0.0145 e. The Bertz CT molecular complexity index is 269. The van der Waals surface area contributed by atoms with Gasteiger partial charge in [0.25, 0.3) is 0 Å². The minimum absolute atomic E-state index is 0.783. The molecule has 0 radical (unpaired) electrons. The van der Waals surface area contributed by atoms with Crippen molar-refractivity contribution >= 4 is 15.9 Å². The molecule has 1 N–H and O–H groups in total. The lowest BCUT2D eigenvalue weighted by Crippen LogP contribution is -1.97. The van der Waals surface area contributed by atoms with Gasteiger partial charge in [0.1, 0.15) is 0 Å². The second-order valence-electron chi connectivity index (χ2n) is 9.39. The third-order valence-corrected chi connectivity index (χ3v) is 6.91. The molecule has 1 nitrogen and oxygen atoms in total. The molecule has 0 fully saturated rings. The van der Waals surface area contributed by atoms with E-state index in [2.05, 4.69) is 35.1 Å². The first-order valence-corrected chi connectivity index (χ1v) is 14.9. The van der Waals surface area contributed by atoms with Crippen molar-refractivity contribution in [3.05, 3.63) is 0 Å². The van der Waals surface area contributed by atoms with Gasteiger partial charge in [0.2, 0.25) is 0 Å². The summed E-state index contributed by atoms with van der Waals surface area (Å²) in [6.45, 7) is 4.60. The van der Waals surface area contributed by atoms with Crippen molar-refractivity contribution in [2.24, 2.45) is 0 Å². The van der Waals surface area contributed by atoms with Crippen molar-refractivity contribution in [2.45, 2.75) is 166 Å². The third kappa shape index (κ3) is 33.1. The van der Waals surface area contributed by atoms with Gasteiger partial charge < -0.3 is 5.32 Å². The summed E-state index contributed by atoms with van der Waals surface area (Å²) >= 11 is 3.90. The number of unbranched alkanes of at least 4 members (excludes halogenated alkanes) is 19. The van der Waals surface area contributed by atoms with E-state index in [1.807, 2.05) is 14.1 Å². The molecule has 0 aliphatic heterocycles. The van der Waals surface area contributed by atoms with E-state index in [1.165, 1.54) is 148 Å². The Morgan fingerprint density at radius 2 is 0.633 bits per heavy atom. The fraction of sp³-hybridized carbons (Fsp3) is 1.00. The molecule has 0 amide bonds. The van der Waals surface area contributed by atoms with Crippen molar-refractivity contribution < 1.29 is 0 Å². The molecule has 0 saturated carbocycles. The van der Waals surface area contributed by atoms with E-state index in [0.717, 1.165) is 4.83 Å². The van der Waals surface area contributed by atoms with Gasteiger partial charge in [0.05, 0.1) is 0 Å². The molecule has 2 heteroatoms. The van der Waals surface area contributed by atoms with Crippen LogP contribution < -0.4 is 5.32 Å². The molecule has 0 aliphatic rings. The Morgan fingerprint density at radius 1 is 0.433 bits per heavy atom. The van der Waals surface area contributed by atoms with Crippen LogP contribution in [-0.2, 0) is 0 Å². The zero-order valence-electron chi connectivity index (χ0n) is 21.7. The zero-order valence-corrected chi connectivity index (χ0v) is 23.3. The minimum Gasteiger partial charge on any atom is -0.323 e. The quantitative estimate of drug-likeness (QED) is 0.111. The van der Waals surface area contributed by atoms with Crippen LogP contribution >= 0.6 is 15.9 Å². The van der Waals surface area contributed by atoms with E-state index in [-0.39, 0.29) is 0 Å². The Balaban J connectivity index is 0. The normalized spacial score (nSPS) is 11.9. The molecule has 0 bridgehead atoms. The molecule has 0 saturated heterocycles. The van der Waals surface area contributed by atoms with E-state index in [4.69, 9.17) is 0 Å². The summed E-state index contributed by atoms with van der Waals surface area (Å²) < 4.78 is 0. The molecule has 184 valence electrons. The highest BCUT2D eigenvalue weighted by Crippen LogP contribution is 2.20. The zero-order chi connectivity index (χ0) is 22.5. The number of hydrogen-bond acceptors (Lipinski definition) is 1. The Kier molecular flexibility index (Phi) is 34.4. The van der Waals surface area contributed by atoms with Crippen molar-refractivity contribution in [3.63, 3.8) is 0 Å². The number of hydrogen-bond donors (Lipinski definition) is 1. The van der Waals surface area contributed by atoms with Gasteiger partial charge in [-0.3, -0.25) is 0 Å². The van der Waals surface area contributed by atoms with Crippen molar-refractivity contribution in [1.29, 1.82) is 0 Å². The average Bonchev–Trinajstić information content (AvgIpc) is 2.74. The molecule has 0 aromatic heterocycles. The second-order valence-corrected chi connectivity index (χ2v) is 10.7. The van der Waals surface area contributed by atoms with Crippen LogP contribution in [-0.4, -0.2) is 18.9 Å². The number of halogens is 1. The molecule has 0 aromatic carbocycles. The van der Waals surface area contributed by atoms with E-state index in [0.29, 0.717) is 0 Å². The van der Waals surface area contributed by atoms with Crippen molar-refractivity contribution in [1.82, 2.24) is 5.32 Å². The molecule has 30 heavy (non-hydrogen) atoms. The van der Waals surface area contributed by atoms with Gasteiger partial charge in [-0.1, -0.05) is 165 Å². The van der Waals surface area contributed by atoms with E-state index in [1.54, 1.807) is 0 Å². The minimum atomic E-state index is 0.783. The largest absolute Gasteiger partial charge is 0.323 e. The average molecular weight is 491 g/mol. The summed E-state index contributed by atoms with van der Waals surface area (Å²) in [4.78, 5) is 0.783. The van der Waals surface area contributed by atoms with Gasteiger partial charge in [-0.05, 0) is 26.9 Å². The first kappa shape index (κ1) is 32.6. The summed E-state index contributed by atoms with van der Waals surface area (Å²) in [5.41, 5.74) is 0. The highest BCUT2D eigenvalue weighted by Gasteiger charge is 2.03. The maximum absolute atomic E-state index is 3.90. The molecule has 0 heterocycles. The molecular formula is C28H60BrN. The highest BCUT2D eigenvalue weighted by atomic mass is 79.9. The lowest BCUT2D eigenvalue weighted by atomic mass is 10.0. The maximum atomic E-state index is 3.90. The fourth-order valence-corrected chi connectivity index (χ4v) is 4.68. The monoisotopic (exact) mass is 489 g/mol. The van der Waals surface area contributed by atoms with Crippen LogP contribution in [0.5, 0.6) is 0 Å². The molecular weight excluding hydrogens is 430 g/mol. The van der Waals surface area contributed by atoms with Crippen LogP contribution in [0.25, 0.3) is 0 Å². The van der Waals surface area contributed by atoms with Crippen molar-refractivity contribution in [3.8, 4) is 0 Å². The summed E-state index contributed by atoms with van der Waals surface area (Å²) in [5, 5.41) is 2.75. The first-order chi connectivity index (χ1) is 14.7. The van der Waals surface area contributed by atoms with Crippen LogP contribution in [0.1, 0.15) is 162 Å². The smallest absolute Gasteiger partial charge is 0.0145 e. The molecule has 0 aliphatic carbocycles. The van der Waals surface area contributed by atoms with Gasteiger partial charge in [-0.25, -0.2) is 0 Å². The second kappa shape index (κ2) is 31.6. The number of alkyl halides is 1. The van der Waals surface area contributed by atoms with E-state index < -0.39 is 0 Å². The van der Waals surface area contributed by atoms with E-state index >= 15 is 0 Å². The van der Waals surface area contributed by atoms with Gasteiger partial charge >= 0.3 is 0 Å². The summed E-state index contributed by atoms with van der Waals surface area (Å²) in [7, 11) is 3.75. The van der Waals surface area contributed by atoms with Crippen LogP contribution in [0, 0.1) is 0 Å². The predicted molar refractivity (Wildman–Crippen MR) is 145 cm³/mol. The third-order valence-electron chi connectivity index (χ3n) is 5.99. The standard InChI is InChI=1S/C26H53Br.C2H7N/c1-3-5-7-9-11-12-13-14-15-16-17-18-19-21-23-25-26(27)24-22-20-10-8-6-4-2;1-3-2/h26H,3-25H2,1-2H3;3H,1-2H3. The Morgan fingerprint density at radius 3 is 0.867 bits per heavy atom. The Hall–Kier alpha value is 0.440. The van der Waals surface area contributed by atoms with Gasteiger partial charge in [0.15, 0.2) is 0 Å². The summed E-state index contributed by atoms with van der Waals surface area (Å²) in [6, 6.07) is 0. The van der Waals surface area contributed by atoms with Gasteiger partial charge in [-0.2, -0.15) is 0 Å². The SMILES string of the molecule is CCCCCCCCCCCCCCCCCC(Br)CCCCCCCC.CNC. The van der Waals surface area contributed by atoms with Crippen LogP contribution in [0.2, 0.25) is 0 Å². The molecule has 1 atom stereocenters.